The first kappa shape index (κ1) is 13.4. The molecule has 0 aliphatic heterocycles. The van der Waals surface area contributed by atoms with Crippen LogP contribution in [-0.2, 0) is 5.33 Å². The van der Waals surface area contributed by atoms with E-state index in [4.69, 9.17) is 0 Å². The minimum atomic E-state index is 0.804. The Kier molecular flexibility index (Phi) is 4.66. The van der Waals surface area contributed by atoms with Crippen LogP contribution in [0.4, 0.5) is 5.69 Å². The zero-order valence-corrected chi connectivity index (χ0v) is 12.4. The van der Waals surface area contributed by atoms with Crippen LogP contribution < -0.4 is 4.90 Å². The summed E-state index contributed by atoms with van der Waals surface area (Å²) < 4.78 is 0. The number of halogens is 1. The van der Waals surface area contributed by atoms with Crippen LogP contribution in [0.3, 0.4) is 0 Å². The van der Waals surface area contributed by atoms with Gasteiger partial charge in [0.15, 0.2) is 0 Å². The second kappa shape index (κ2) is 6.24. The predicted molar refractivity (Wildman–Crippen MR) is 79.0 cm³/mol. The van der Waals surface area contributed by atoms with Gasteiger partial charge >= 0.3 is 0 Å². The van der Waals surface area contributed by atoms with Crippen LogP contribution in [0.1, 0.15) is 37.3 Å². The Morgan fingerprint density at radius 3 is 2.78 bits per heavy atom. The topological polar surface area (TPSA) is 27.0 Å². The van der Waals surface area contributed by atoms with Crippen LogP contribution in [-0.4, -0.2) is 13.1 Å². The molecule has 1 aromatic rings. The lowest BCUT2D eigenvalue weighted by Crippen LogP contribution is -2.27. The van der Waals surface area contributed by atoms with Crippen molar-refractivity contribution < 1.29 is 0 Å². The minimum absolute atomic E-state index is 0.804. The van der Waals surface area contributed by atoms with Crippen LogP contribution >= 0.6 is 15.9 Å². The Bertz CT molecular complexity index is 446. The largest absolute Gasteiger partial charge is 0.370 e. The number of alkyl halides is 1. The molecule has 2 rings (SSSR count). The van der Waals surface area contributed by atoms with Gasteiger partial charge in [-0.2, -0.15) is 5.26 Å². The normalized spacial score (nSPS) is 14.3. The molecular weight excluding hydrogens is 288 g/mol. The highest BCUT2D eigenvalue weighted by molar-refractivity contribution is 9.08. The monoisotopic (exact) mass is 306 g/mol. The number of nitrogens with zero attached hydrogens (tertiary/aromatic N) is 2. The van der Waals surface area contributed by atoms with Crippen LogP contribution in [0, 0.1) is 17.2 Å². The molecule has 0 radical (unpaired) electrons. The number of benzene rings is 1. The van der Waals surface area contributed by atoms with Crippen LogP contribution in [0.5, 0.6) is 0 Å². The lowest BCUT2D eigenvalue weighted by atomic mass is 10.1. The summed E-state index contributed by atoms with van der Waals surface area (Å²) in [5.74, 6) is 0.846. The molecule has 0 unspecified atom stereocenters. The van der Waals surface area contributed by atoms with Crippen molar-refractivity contribution in [3.8, 4) is 6.07 Å². The van der Waals surface area contributed by atoms with Crippen LogP contribution in [0.15, 0.2) is 18.2 Å². The van der Waals surface area contributed by atoms with Gasteiger partial charge in [0, 0.05) is 18.4 Å². The molecule has 3 heteroatoms. The fraction of sp³-hybridized carbons (Fsp3) is 0.533. The van der Waals surface area contributed by atoms with Crippen LogP contribution in [0.25, 0.3) is 0 Å². The molecule has 96 valence electrons. The maximum Gasteiger partial charge on any atom is 0.101 e. The number of nitriles is 1. The molecular formula is C15H19BrN2. The second-order valence-electron chi connectivity index (χ2n) is 4.99. The van der Waals surface area contributed by atoms with Crippen molar-refractivity contribution in [1.29, 1.82) is 5.26 Å². The third-order valence-corrected chi connectivity index (χ3v) is 3.99. The van der Waals surface area contributed by atoms with E-state index in [1.165, 1.54) is 12.8 Å². The number of anilines is 1. The SMILES string of the molecule is CCCN(CC1CC1)c1ccc(CBr)cc1C#N. The van der Waals surface area contributed by atoms with Crippen molar-refractivity contribution in [2.75, 3.05) is 18.0 Å². The molecule has 0 amide bonds. The van der Waals surface area contributed by atoms with Gasteiger partial charge in [-0.05, 0) is 42.9 Å². The van der Waals surface area contributed by atoms with E-state index in [0.717, 1.165) is 47.6 Å². The molecule has 0 bridgehead atoms. The summed E-state index contributed by atoms with van der Waals surface area (Å²) in [5, 5.41) is 10.1. The van der Waals surface area contributed by atoms with Crippen molar-refractivity contribution in [3.63, 3.8) is 0 Å². The van der Waals surface area contributed by atoms with E-state index in [-0.39, 0.29) is 0 Å². The fourth-order valence-corrected chi connectivity index (χ4v) is 2.57. The van der Waals surface area contributed by atoms with E-state index in [2.05, 4.69) is 46.0 Å². The van der Waals surface area contributed by atoms with E-state index in [0.29, 0.717) is 0 Å². The van der Waals surface area contributed by atoms with Gasteiger partial charge < -0.3 is 4.90 Å². The zero-order valence-electron chi connectivity index (χ0n) is 10.8. The molecule has 2 nitrogen and oxygen atoms in total. The van der Waals surface area contributed by atoms with E-state index >= 15 is 0 Å². The van der Waals surface area contributed by atoms with Gasteiger partial charge in [-0.1, -0.05) is 28.9 Å². The summed E-state index contributed by atoms with van der Waals surface area (Å²) in [7, 11) is 0. The van der Waals surface area contributed by atoms with Gasteiger partial charge in [0.2, 0.25) is 0 Å². The Morgan fingerprint density at radius 1 is 1.44 bits per heavy atom. The fourth-order valence-electron chi connectivity index (χ4n) is 2.22. The average Bonchev–Trinajstić information content (AvgIpc) is 3.21. The highest BCUT2D eigenvalue weighted by Gasteiger charge is 2.25. The quantitative estimate of drug-likeness (QED) is 0.740. The van der Waals surface area contributed by atoms with Crippen molar-refractivity contribution in [1.82, 2.24) is 0 Å². The third-order valence-electron chi connectivity index (χ3n) is 3.35. The van der Waals surface area contributed by atoms with Crippen molar-refractivity contribution >= 4 is 21.6 Å². The van der Waals surface area contributed by atoms with E-state index in [1.54, 1.807) is 0 Å². The average molecular weight is 307 g/mol. The second-order valence-corrected chi connectivity index (χ2v) is 5.55. The lowest BCUT2D eigenvalue weighted by molar-refractivity contribution is 0.707. The molecule has 1 aliphatic carbocycles. The van der Waals surface area contributed by atoms with Gasteiger partial charge in [0.25, 0.3) is 0 Å². The Labute approximate surface area is 118 Å². The molecule has 0 aromatic heterocycles. The lowest BCUT2D eigenvalue weighted by Gasteiger charge is -2.25. The molecule has 1 saturated carbocycles. The molecule has 0 saturated heterocycles. The standard InChI is InChI=1S/C15H19BrN2/c1-2-7-18(11-12-3-4-12)15-6-5-13(9-16)8-14(15)10-17/h5-6,8,12H,2-4,7,9,11H2,1H3. The molecule has 0 atom stereocenters. The summed E-state index contributed by atoms with van der Waals surface area (Å²) in [4.78, 5) is 2.38. The Hall–Kier alpha value is -1.01. The third kappa shape index (κ3) is 3.26. The predicted octanol–water partition coefficient (Wildman–Crippen LogP) is 4.08. The van der Waals surface area contributed by atoms with Crippen LogP contribution in [0.2, 0.25) is 0 Å². The van der Waals surface area contributed by atoms with Crippen molar-refractivity contribution in [3.05, 3.63) is 29.3 Å². The van der Waals surface area contributed by atoms with Crippen molar-refractivity contribution in [2.45, 2.75) is 31.5 Å². The molecule has 0 N–H and O–H groups in total. The van der Waals surface area contributed by atoms with Gasteiger partial charge in [0.1, 0.15) is 6.07 Å². The van der Waals surface area contributed by atoms with E-state index in [9.17, 15) is 5.26 Å². The highest BCUT2D eigenvalue weighted by atomic mass is 79.9. The maximum absolute atomic E-state index is 9.31. The molecule has 1 aliphatic rings. The molecule has 1 aromatic carbocycles. The number of rotatable bonds is 6. The molecule has 1 fully saturated rings. The smallest absolute Gasteiger partial charge is 0.101 e. The highest BCUT2D eigenvalue weighted by Crippen LogP contribution is 2.32. The van der Waals surface area contributed by atoms with Crippen molar-refractivity contribution in [2.24, 2.45) is 5.92 Å². The molecule has 0 spiro atoms. The Balaban J connectivity index is 2.24. The maximum atomic E-state index is 9.31. The van der Waals surface area contributed by atoms with Gasteiger partial charge in [-0.15, -0.1) is 0 Å². The summed E-state index contributed by atoms with van der Waals surface area (Å²) in [6.45, 7) is 4.34. The summed E-state index contributed by atoms with van der Waals surface area (Å²) in [6, 6.07) is 8.56. The first-order valence-corrected chi connectivity index (χ1v) is 7.74. The summed E-state index contributed by atoms with van der Waals surface area (Å²) in [5.41, 5.74) is 3.08. The van der Waals surface area contributed by atoms with Gasteiger partial charge in [0.05, 0.1) is 11.3 Å². The number of hydrogen-bond donors (Lipinski definition) is 0. The molecule has 0 heterocycles. The van der Waals surface area contributed by atoms with Gasteiger partial charge in [-0.25, -0.2) is 0 Å². The minimum Gasteiger partial charge on any atom is -0.370 e. The summed E-state index contributed by atoms with van der Waals surface area (Å²) >= 11 is 3.44. The molecule has 18 heavy (non-hydrogen) atoms. The van der Waals surface area contributed by atoms with E-state index < -0.39 is 0 Å². The Morgan fingerprint density at radius 2 is 2.22 bits per heavy atom. The van der Waals surface area contributed by atoms with Gasteiger partial charge in [-0.3, -0.25) is 0 Å². The first-order valence-electron chi connectivity index (χ1n) is 6.62. The van der Waals surface area contributed by atoms with E-state index in [1.807, 2.05) is 6.07 Å². The first-order chi connectivity index (χ1) is 8.78. The number of hydrogen-bond acceptors (Lipinski definition) is 2. The summed E-state index contributed by atoms with van der Waals surface area (Å²) in [6.07, 6.45) is 3.82. The zero-order chi connectivity index (χ0) is 13.0.